The quantitative estimate of drug-likeness (QED) is 0.876. The molecule has 0 aliphatic rings. The Labute approximate surface area is 108 Å². The topological polar surface area (TPSA) is 50.7 Å². The predicted molar refractivity (Wildman–Crippen MR) is 72.3 cm³/mol. The standard InChI is InChI=1S/C14H18N4/c1-3-4-13-7-14(18-10-17-13)16-9-12-5-6-15-8-11(12)2/h5-8,10H,3-4,9H2,1-2H3,(H,16,17,18). The number of aryl methyl sites for hydroxylation is 2. The largest absolute Gasteiger partial charge is 0.366 e. The van der Waals surface area contributed by atoms with Gasteiger partial charge in [-0.1, -0.05) is 13.3 Å². The first-order valence-electron chi connectivity index (χ1n) is 6.24. The van der Waals surface area contributed by atoms with E-state index in [1.807, 2.05) is 24.5 Å². The Morgan fingerprint density at radius 1 is 1.28 bits per heavy atom. The van der Waals surface area contributed by atoms with E-state index in [2.05, 4.69) is 34.1 Å². The van der Waals surface area contributed by atoms with Gasteiger partial charge in [-0.2, -0.15) is 0 Å². The summed E-state index contributed by atoms with van der Waals surface area (Å²) in [6.07, 6.45) is 7.39. The Bertz CT molecular complexity index is 511. The van der Waals surface area contributed by atoms with Crippen molar-refractivity contribution in [3.05, 3.63) is 47.7 Å². The van der Waals surface area contributed by atoms with Crippen molar-refractivity contribution >= 4 is 5.82 Å². The molecule has 4 nitrogen and oxygen atoms in total. The van der Waals surface area contributed by atoms with Gasteiger partial charge in [0, 0.05) is 30.7 Å². The van der Waals surface area contributed by atoms with E-state index in [1.165, 1.54) is 11.1 Å². The summed E-state index contributed by atoms with van der Waals surface area (Å²) in [6.45, 7) is 4.97. The van der Waals surface area contributed by atoms with Crippen LogP contribution in [0.4, 0.5) is 5.82 Å². The highest BCUT2D eigenvalue weighted by atomic mass is 15.0. The molecule has 0 atom stereocenters. The lowest BCUT2D eigenvalue weighted by Crippen LogP contribution is -2.04. The van der Waals surface area contributed by atoms with Crippen LogP contribution in [0.25, 0.3) is 0 Å². The molecule has 2 heterocycles. The molecule has 0 saturated heterocycles. The molecule has 0 spiro atoms. The molecule has 2 rings (SSSR count). The zero-order chi connectivity index (χ0) is 12.8. The van der Waals surface area contributed by atoms with Gasteiger partial charge in [-0.25, -0.2) is 9.97 Å². The molecule has 2 aromatic heterocycles. The minimum atomic E-state index is 0.761. The van der Waals surface area contributed by atoms with E-state index in [9.17, 15) is 0 Å². The molecular formula is C14H18N4. The zero-order valence-corrected chi connectivity index (χ0v) is 10.8. The van der Waals surface area contributed by atoms with Crippen molar-refractivity contribution in [1.82, 2.24) is 15.0 Å². The molecule has 0 aliphatic heterocycles. The average molecular weight is 242 g/mol. The Hall–Kier alpha value is -1.97. The molecule has 1 N–H and O–H groups in total. The van der Waals surface area contributed by atoms with Crippen LogP contribution in [0, 0.1) is 6.92 Å². The highest BCUT2D eigenvalue weighted by Gasteiger charge is 2.00. The van der Waals surface area contributed by atoms with Crippen LogP contribution in [0.2, 0.25) is 0 Å². The van der Waals surface area contributed by atoms with Gasteiger partial charge in [0.1, 0.15) is 12.1 Å². The first-order chi connectivity index (χ1) is 8.79. The van der Waals surface area contributed by atoms with E-state index in [1.54, 1.807) is 6.33 Å². The van der Waals surface area contributed by atoms with Gasteiger partial charge in [0.2, 0.25) is 0 Å². The summed E-state index contributed by atoms with van der Waals surface area (Å²) in [4.78, 5) is 12.6. The van der Waals surface area contributed by atoms with Gasteiger partial charge >= 0.3 is 0 Å². The smallest absolute Gasteiger partial charge is 0.129 e. The highest BCUT2D eigenvalue weighted by Crippen LogP contribution is 2.10. The van der Waals surface area contributed by atoms with Gasteiger partial charge in [0.05, 0.1) is 0 Å². The number of hydrogen-bond donors (Lipinski definition) is 1. The number of nitrogens with one attached hydrogen (secondary N) is 1. The van der Waals surface area contributed by atoms with Gasteiger partial charge in [-0.3, -0.25) is 4.98 Å². The summed E-state index contributed by atoms with van der Waals surface area (Å²) in [7, 11) is 0. The number of nitrogens with zero attached hydrogens (tertiary/aromatic N) is 3. The van der Waals surface area contributed by atoms with E-state index in [0.717, 1.165) is 30.9 Å². The second kappa shape index (κ2) is 6.10. The van der Waals surface area contributed by atoms with Gasteiger partial charge in [-0.15, -0.1) is 0 Å². The van der Waals surface area contributed by atoms with Crippen LogP contribution >= 0.6 is 0 Å². The number of anilines is 1. The molecule has 4 heteroatoms. The molecule has 0 saturated carbocycles. The van der Waals surface area contributed by atoms with Crippen LogP contribution in [0.3, 0.4) is 0 Å². The minimum Gasteiger partial charge on any atom is -0.366 e. The molecule has 0 unspecified atom stereocenters. The first-order valence-corrected chi connectivity index (χ1v) is 6.24. The molecular weight excluding hydrogens is 224 g/mol. The van der Waals surface area contributed by atoms with Gasteiger partial charge in [0.15, 0.2) is 0 Å². The summed E-state index contributed by atoms with van der Waals surface area (Å²) in [6, 6.07) is 4.04. The SMILES string of the molecule is CCCc1cc(NCc2ccncc2C)ncn1. The van der Waals surface area contributed by atoms with E-state index in [0.29, 0.717) is 0 Å². The molecule has 18 heavy (non-hydrogen) atoms. The summed E-state index contributed by atoms with van der Waals surface area (Å²) < 4.78 is 0. The first kappa shape index (κ1) is 12.5. The minimum absolute atomic E-state index is 0.761. The van der Waals surface area contributed by atoms with Crippen molar-refractivity contribution in [1.29, 1.82) is 0 Å². The van der Waals surface area contributed by atoms with Crippen molar-refractivity contribution < 1.29 is 0 Å². The third-order valence-corrected chi connectivity index (χ3v) is 2.83. The van der Waals surface area contributed by atoms with Crippen molar-refractivity contribution in [3.63, 3.8) is 0 Å². The Morgan fingerprint density at radius 2 is 2.17 bits per heavy atom. The normalized spacial score (nSPS) is 10.3. The maximum Gasteiger partial charge on any atom is 0.129 e. The van der Waals surface area contributed by atoms with Crippen LogP contribution in [0.15, 0.2) is 30.9 Å². The fourth-order valence-corrected chi connectivity index (χ4v) is 1.77. The van der Waals surface area contributed by atoms with Crippen LogP contribution in [0.1, 0.15) is 30.2 Å². The van der Waals surface area contributed by atoms with Crippen molar-refractivity contribution in [2.75, 3.05) is 5.32 Å². The summed E-state index contributed by atoms with van der Waals surface area (Å²) in [5.74, 6) is 0.879. The Balaban J connectivity index is 2.02. The summed E-state index contributed by atoms with van der Waals surface area (Å²) in [5.41, 5.74) is 3.51. The lowest BCUT2D eigenvalue weighted by atomic mass is 10.1. The molecule has 94 valence electrons. The van der Waals surface area contributed by atoms with Crippen molar-refractivity contribution in [2.45, 2.75) is 33.2 Å². The monoisotopic (exact) mass is 242 g/mol. The van der Waals surface area contributed by atoms with E-state index >= 15 is 0 Å². The number of hydrogen-bond acceptors (Lipinski definition) is 4. The van der Waals surface area contributed by atoms with Gasteiger partial charge < -0.3 is 5.32 Å². The second-order valence-electron chi connectivity index (χ2n) is 4.30. The van der Waals surface area contributed by atoms with Crippen LogP contribution in [-0.4, -0.2) is 15.0 Å². The molecule has 0 aliphatic carbocycles. The highest BCUT2D eigenvalue weighted by molar-refractivity contribution is 5.37. The summed E-state index contributed by atoms with van der Waals surface area (Å²) >= 11 is 0. The van der Waals surface area contributed by atoms with Gasteiger partial charge in [-0.05, 0) is 30.5 Å². The molecule has 0 aromatic carbocycles. The lowest BCUT2D eigenvalue weighted by molar-refractivity contribution is 0.871. The van der Waals surface area contributed by atoms with Crippen molar-refractivity contribution in [3.8, 4) is 0 Å². The Morgan fingerprint density at radius 3 is 2.94 bits per heavy atom. The maximum atomic E-state index is 4.24. The van der Waals surface area contributed by atoms with Crippen LogP contribution in [-0.2, 0) is 13.0 Å². The molecule has 0 fully saturated rings. The van der Waals surface area contributed by atoms with Crippen molar-refractivity contribution in [2.24, 2.45) is 0 Å². The maximum absolute atomic E-state index is 4.24. The molecule has 0 amide bonds. The van der Waals surface area contributed by atoms with Crippen LogP contribution in [0.5, 0.6) is 0 Å². The lowest BCUT2D eigenvalue weighted by Gasteiger charge is -2.08. The third-order valence-electron chi connectivity index (χ3n) is 2.83. The van der Waals surface area contributed by atoms with Crippen LogP contribution < -0.4 is 5.32 Å². The number of rotatable bonds is 5. The third kappa shape index (κ3) is 3.26. The van der Waals surface area contributed by atoms with E-state index in [4.69, 9.17) is 0 Å². The van der Waals surface area contributed by atoms with Gasteiger partial charge in [0.25, 0.3) is 0 Å². The zero-order valence-electron chi connectivity index (χ0n) is 10.8. The fraction of sp³-hybridized carbons (Fsp3) is 0.357. The molecule has 0 bridgehead atoms. The Kier molecular flexibility index (Phi) is 4.23. The molecule has 0 radical (unpaired) electrons. The number of pyridine rings is 1. The number of aromatic nitrogens is 3. The second-order valence-corrected chi connectivity index (χ2v) is 4.30. The van der Waals surface area contributed by atoms with E-state index in [-0.39, 0.29) is 0 Å². The van der Waals surface area contributed by atoms with E-state index < -0.39 is 0 Å². The predicted octanol–water partition coefficient (Wildman–Crippen LogP) is 2.74. The molecule has 2 aromatic rings. The fourth-order valence-electron chi connectivity index (χ4n) is 1.77. The average Bonchev–Trinajstić information content (AvgIpc) is 2.39. The summed E-state index contributed by atoms with van der Waals surface area (Å²) in [5, 5.41) is 3.32.